The van der Waals surface area contributed by atoms with Crippen LogP contribution in [0.2, 0.25) is 0 Å². The zero-order valence-electron chi connectivity index (χ0n) is 29.0. The van der Waals surface area contributed by atoms with E-state index in [0.29, 0.717) is 17.5 Å². The van der Waals surface area contributed by atoms with Gasteiger partial charge in [-0.2, -0.15) is 0 Å². The maximum absolute atomic E-state index is 4.96. The van der Waals surface area contributed by atoms with Gasteiger partial charge in [0, 0.05) is 48.5 Å². The van der Waals surface area contributed by atoms with Crippen LogP contribution in [0.1, 0.15) is 0 Å². The Balaban J connectivity index is 1.11. The molecule has 0 aliphatic carbocycles. The highest BCUT2D eigenvalue weighted by atomic mass is 32.1. The summed E-state index contributed by atoms with van der Waals surface area (Å²) in [6, 6.07) is 64.3. The van der Waals surface area contributed by atoms with Crippen molar-refractivity contribution in [2.24, 2.45) is 0 Å². The van der Waals surface area contributed by atoms with Gasteiger partial charge in [-0.25, -0.2) is 15.0 Å². The Labute approximate surface area is 315 Å². The van der Waals surface area contributed by atoms with Crippen molar-refractivity contribution in [3.63, 3.8) is 0 Å². The summed E-state index contributed by atoms with van der Waals surface area (Å²) < 4.78 is 3.80. The van der Waals surface area contributed by atoms with Gasteiger partial charge in [-0.3, -0.25) is 4.40 Å². The number of thiophene rings is 1. The number of pyridine rings is 1. The molecule has 0 N–H and O–H groups in total. The molecule has 0 fully saturated rings. The Morgan fingerprint density at radius 1 is 0.370 bits per heavy atom. The lowest BCUT2D eigenvalue weighted by molar-refractivity contribution is 1.07. The molecule has 11 aromatic rings. The van der Waals surface area contributed by atoms with E-state index < -0.39 is 0 Å². The molecule has 0 radical (unpaired) electrons. The van der Waals surface area contributed by atoms with Gasteiger partial charge in [0.25, 0.3) is 0 Å². The average Bonchev–Trinajstić information content (AvgIpc) is 3.81. The Kier molecular flexibility index (Phi) is 7.00. The predicted octanol–water partition coefficient (Wildman–Crippen LogP) is 13.1. The van der Waals surface area contributed by atoms with Gasteiger partial charge in [-0.15, -0.1) is 11.3 Å². The molecule has 0 aliphatic heterocycles. The molecule has 7 aromatic carbocycles. The van der Waals surface area contributed by atoms with Crippen molar-refractivity contribution < 1.29 is 0 Å². The average molecular weight is 707 g/mol. The number of fused-ring (bicyclic) bond motifs is 10. The van der Waals surface area contributed by atoms with E-state index in [4.69, 9.17) is 15.0 Å². The predicted molar refractivity (Wildman–Crippen MR) is 226 cm³/mol. The number of hydrogen-bond donors (Lipinski definition) is 0. The zero-order chi connectivity index (χ0) is 35.6. The van der Waals surface area contributed by atoms with Gasteiger partial charge < -0.3 is 0 Å². The van der Waals surface area contributed by atoms with E-state index in [2.05, 4.69) is 126 Å². The summed E-state index contributed by atoms with van der Waals surface area (Å²) in [4.78, 5) is 16.1. The van der Waals surface area contributed by atoms with Crippen LogP contribution in [0.15, 0.2) is 182 Å². The molecule has 252 valence electrons. The van der Waals surface area contributed by atoms with Crippen molar-refractivity contribution in [3.05, 3.63) is 182 Å². The minimum Gasteiger partial charge on any atom is -0.299 e. The first-order valence-electron chi connectivity index (χ1n) is 18.1. The van der Waals surface area contributed by atoms with E-state index in [1.165, 1.54) is 58.6 Å². The van der Waals surface area contributed by atoms with Gasteiger partial charge in [0.2, 0.25) is 0 Å². The molecule has 0 amide bonds. The first kappa shape index (κ1) is 30.7. The van der Waals surface area contributed by atoms with Crippen molar-refractivity contribution >= 4 is 58.8 Å². The molecular weight excluding hydrogens is 677 g/mol. The molecule has 0 saturated heterocycles. The number of benzene rings is 7. The normalized spacial score (nSPS) is 11.7. The molecular formula is C49H30N4S. The van der Waals surface area contributed by atoms with Gasteiger partial charge in [0.15, 0.2) is 17.5 Å². The molecule has 5 heteroatoms. The summed E-state index contributed by atoms with van der Waals surface area (Å²) >= 11 is 1.87. The quantitative estimate of drug-likeness (QED) is 0.179. The largest absolute Gasteiger partial charge is 0.299 e. The first-order valence-corrected chi connectivity index (χ1v) is 18.9. The fraction of sp³-hybridized carbons (Fsp3) is 0. The van der Waals surface area contributed by atoms with Gasteiger partial charge >= 0.3 is 0 Å². The third-order valence-electron chi connectivity index (χ3n) is 10.4. The Morgan fingerprint density at radius 2 is 0.870 bits per heavy atom. The molecule has 54 heavy (non-hydrogen) atoms. The fourth-order valence-electron chi connectivity index (χ4n) is 7.94. The maximum atomic E-state index is 4.96. The molecule has 0 saturated carbocycles. The molecule has 0 aliphatic rings. The zero-order valence-corrected chi connectivity index (χ0v) is 29.8. The second-order valence-corrected chi connectivity index (χ2v) is 14.6. The number of para-hydroxylation sites is 1. The van der Waals surface area contributed by atoms with Crippen LogP contribution in [-0.2, 0) is 0 Å². The van der Waals surface area contributed by atoms with Crippen molar-refractivity contribution in [1.82, 2.24) is 19.4 Å². The molecule has 0 bridgehead atoms. The molecule has 0 spiro atoms. The number of aromatic nitrogens is 4. The monoisotopic (exact) mass is 706 g/mol. The van der Waals surface area contributed by atoms with Crippen LogP contribution in [0.3, 0.4) is 0 Å². The molecule has 0 unspecified atom stereocenters. The molecule has 11 rings (SSSR count). The fourth-order valence-corrected chi connectivity index (χ4v) is 9.18. The number of hydrogen-bond acceptors (Lipinski definition) is 4. The minimum atomic E-state index is 0.648. The summed E-state index contributed by atoms with van der Waals surface area (Å²) in [5.41, 5.74) is 10.1. The van der Waals surface area contributed by atoms with Crippen molar-refractivity contribution in [3.8, 4) is 56.4 Å². The maximum Gasteiger partial charge on any atom is 0.164 e. The third kappa shape index (κ3) is 4.86. The topological polar surface area (TPSA) is 43.1 Å². The lowest BCUT2D eigenvalue weighted by Crippen LogP contribution is -2.00. The lowest BCUT2D eigenvalue weighted by atomic mass is 9.96. The highest BCUT2D eigenvalue weighted by molar-refractivity contribution is 7.25. The van der Waals surface area contributed by atoms with Gasteiger partial charge in [-0.05, 0) is 40.3 Å². The summed E-state index contributed by atoms with van der Waals surface area (Å²) in [6.07, 6.45) is 0. The van der Waals surface area contributed by atoms with E-state index in [-0.39, 0.29) is 0 Å². The molecule has 4 nitrogen and oxygen atoms in total. The number of rotatable bonds is 5. The van der Waals surface area contributed by atoms with Crippen LogP contribution in [0.4, 0.5) is 0 Å². The highest BCUT2D eigenvalue weighted by Gasteiger charge is 2.22. The Morgan fingerprint density at radius 3 is 1.52 bits per heavy atom. The van der Waals surface area contributed by atoms with Crippen molar-refractivity contribution in [1.29, 1.82) is 0 Å². The molecule has 4 aromatic heterocycles. The van der Waals surface area contributed by atoms with E-state index in [9.17, 15) is 0 Å². The van der Waals surface area contributed by atoms with Crippen molar-refractivity contribution in [2.75, 3.05) is 0 Å². The van der Waals surface area contributed by atoms with E-state index >= 15 is 0 Å². The minimum absolute atomic E-state index is 0.648. The summed E-state index contributed by atoms with van der Waals surface area (Å²) in [5, 5.41) is 6.35. The van der Waals surface area contributed by atoms with E-state index in [1.807, 2.05) is 72.0 Å². The second-order valence-electron chi connectivity index (χ2n) is 13.6. The molecule has 0 atom stereocenters. The van der Waals surface area contributed by atoms with Crippen LogP contribution in [-0.4, -0.2) is 19.4 Å². The third-order valence-corrected chi connectivity index (χ3v) is 11.6. The Hall–Kier alpha value is -6.95. The summed E-state index contributed by atoms with van der Waals surface area (Å²) in [7, 11) is 0. The molecule has 4 heterocycles. The van der Waals surface area contributed by atoms with Crippen molar-refractivity contribution in [2.45, 2.75) is 0 Å². The van der Waals surface area contributed by atoms with Crippen LogP contribution >= 0.6 is 11.3 Å². The summed E-state index contributed by atoms with van der Waals surface area (Å²) in [6.45, 7) is 0. The lowest BCUT2D eigenvalue weighted by Gasteiger charge is -2.12. The van der Waals surface area contributed by atoms with Crippen LogP contribution in [0.25, 0.3) is 104 Å². The number of nitrogens with zero attached hydrogens (tertiary/aromatic N) is 4. The van der Waals surface area contributed by atoms with Gasteiger partial charge in [-0.1, -0.05) is 164 Å². The van der Waals surface area contributed by atoms with E-state index in [1.54, 1.807) is 0 Å². The van der Waals surface area contributed by atoms with Gasteiger partial charge in [0.05, 0.1) is 11.0 Å². The smallest absolute Gasteiger partial charge is 0.164 e. The standard InChI is InChI=1S/C49H30N4S/c1-4-14-32(15-5-1)43-38-20-10-12-22-41(38)53-45(43)37-29-28-36(30-40(37)44-39-21-11-13-23-42(39)54-49(44)53)31-24-26-35(27-25-31)48-51-46(33-16-6-2-7-17-33)50-47(52-48)34-18-8-3-9-19-34/h1-30H. The van der Waals surface area contributed by atoms with Crippen LogP contribution in [0.5, 0.6) is 0 Å². The SMILES string of the molecule is c1ccc(-c2nc(-c3ccccc3)nc(-c3ccc(-c4ccc5c(c4)c4c6ccccc6sc4n4c6ccccc6c(-c6ccccc6)c54)cc3)n2)cc1. The van der Waals surface area contributed by atoms with Crippen LogP contribution < -0.4 is 0 Å². The highest BCUT2D eigenvalue weighted by Crippen LogP contribution is 2.47. The van der Waals surface area contributed by atoms with Gasteiger partial charge in [0.1, 0.15) is 4.83 Å². The first-order chi connectivity index (χ1) is 26.8. The Bertz CT molecular complexity index is 3130. The summed E-state index contributed by atoms with van der Waals surface area (Å²) in [5.74, 6) is 1.96. The second kappa shape index (κ2) is 12.3. The van der Waals surface area contributed by atoms with Crippen LogP contribution in [0, 0.1) is 0 Å². The van der Waals surface area contributed by atoms with E-state index in [0.717, 1.165) is 27.8 Å².